The van der Waals surface area contributed by atoms with Crippen molar-refractivity contribution >= 4 is 5.69 Å². The van der Waals surface area contributed by atoms with Crippen LogP contribution in [0.15, 0.2) is 66.7 Å². The largest absolute Gasteiger partial charge is 0.489 e. The zero-order valence-corrected chi connectivity index (χ0v) is 12.9. The first kappa shape index (κ1) is 14.3. The van der Waals surface area contributed by atoms with Gasteiger partial charge >= 0.3 is 0 Å². The van der Waals surface area contributed by atoms with E-state index in [2.05, 4.69) is 48.2 Å². The molecule has 1 N–H and O–H groups in total. The topological polar surface area (TPSA) is 26.2 Å². The van der Waals surface area contributed by atoms with Crippen LogP contribution >= 0.6 is 0 Å². The van der Waals surface area contributed by atoms with E-state index >= 15 is 0 Å². The molecule has 2 aromatic carbocycles. The first-order chi connectivity index (χ1) is 10.7. The Morgan fingerprint density at radius 3 is 2.09 bits per heavy atom. The Hall–Kier alpha value is -2.68. The standard InChI is InChI=1S/C19H20N2O/c1-15-8-9-16(2)21(15)20-18-10-12-19(13-11-18)22-14-17-6-4-3-5-7-17/h3-13,20H,14H2,1-2H3. The van der Waals surface area contributed by atoms with Gasteiger partial charge in [-0.15, -0.1) is 0 Å². The molecular formula is C19H20N2O. The van der Waals surface area contributed by atoms with Crippen molar-refractivity contribution < 1.29 is 4.74 Å². The monoisotopic (exact) mass is 292 g/mol. The van der Waals surface area contributed by atoms with Crippen LogP contribution in [0.25, 0.3) is 0 Å². The molecule has 0 amide bonds. The predicted molar refractivity (Wildman–Crippen MR) is 90.1 cm³/mol. The van der Waals surface area contributed by atoms with E-state index in [0.717, 1.165) is 11.4 Å². The quantitative estimate of drug-likeness (QED) is 0.746. The molecule has 22 heavy (non-hydrogen) atoms. The Labute approximate surface area is 131 Å². The molecule has 0 atom stereocenters. The minimum absolute atomic E-state index is 0.587. The lowest BCUT2D eigenvalue weighted by atomic mass is 10.2. The molecule has 0 fully saturated rings. The van der Waals surface area contributed by atoms with Crippen molar-refractivity contribution in [1.82, 2.24) is 4.68 Å². The van der Waals surface area contributed by atoms with E-state index in [0.29, 0.717) is 6.61 Å². The summed E-state index contributed by atoms with van der Waals surface area (Å²) < 4.78 is 7.86. The number of anilines is 1. The lowest BCUT2D eigenvalue weighted by Gasteiger charge is -2.13. The van der Waals surface area contributed by atoms with Gasteiger partial charge in [0.25, 0.3) is 0 Å². The Bertz CT molecular complexity index is 710. The molecule has 0 aliphatic rings. The highest BCUT2D eigenvalue weighted by molar-refractivity contribution is 5.47. The Morgan fingerprint density at radius 2 is 1.45 bits per heavy atom. The molecule has 0 saturated heterocycles. The van der Waals surface area contributed by atoms with Crippen molar-refractivity contribution in [2.24, 2.45) is 0 Å². The van der Waals surface area contributed by atoms with Crippen LogP contribution in [0.5, 0.6) is 5.75 Å². The van der Waals surface area contributed by atoms with Gasteiger partial charge in [0.15, 0.2) is 0 Å². The second kappa shape index (κ2) is 6.39. The number of hydrogen-bond donors (Lipinski definition) is 1. The molecule has 112 valence electrons. The number of nitrogens with zero attached hydrogens (tertiary/aromatic N) is 1. The highest BCUT2D eigenvalue weighted by Crippen LogP contribution is 2.18. The van der Waals surface area contributed by atoms with Crippen molar-refractivity contribution in [2.45, 2.75) is 20.5 Å². The molecule has 3 heteroatoms. The van der Waals surface area contributed by atoms with E-state index in [-0.39, 0.29) is 0 Å². The van der Waals surface area contributed by atoms with Gasteiger partial charge in [0.05, 0.1) is 5.69 Å². The van der Waals surface area contributed by atoms with E-state index in [1.807, 2.05) is 42.5 Å². The zero-order valence-electron chi connectivity index (χ0n) is 12.9. The van der Waals surface area contributed by atoms with Gasteiger partial charge in [-0.1, -0.05) is 30.3 Å². The van der Waals surface area contributed by atoms with E-state index in [4.69, 9.17) is 4.74 Å². The molecule has 3 aromatic rings. The van der Waals surface area contributed by atoms with Crippen LogP contribution in [-0.4, -0.2) is 4.68 Å². The van der Waals surface area contributed by atoms with Crippen molar-refractivity contribution in [1.29, 1.82) is 0 Å². The molecule has 0 aliphatic carbocycles. The lowest BCUT2D eigenvalue weighted by Crippen LogP contribution is -2.11. The summed E-state index contributed by atoms with van der Waals surface area (Å²) in [6.07, 6.45) is 0. The maximum atomic E-state index is 5.80. The van der Waals surface area contributed by atoms with E-state index in [9.17, 15) is 0 Å². The Kier molecular flexibility index (Phi) is 4.15. The summed E-state index contributed by atoms with van der Waals surface area (Å²) in [7, 11) is 0. The summed E-state index contributed by atoms with van der Waals surface area (Å²) in [6, 6.07) is 22.4. The maximum absolute atomic E-state index is 5.80. The summed E-state index contributed by atoms with van der Waals surface area (Å²) in [6.45, 7) is 4.75. The lowest BCUT2D eigenvalue weighted by molar-refractivity contribution is 0.306. The van der Waals surface area contributed by atoms with Gasteiger partial charge in [-0.2, -0.15) is 0 Å². The fraction of sp³-hybridized carbons (Fsp3) is 0.158. The SMILES string of the molecule is Cc1ccc(C)n1Nc1ccc(OCc2ccccc2)cc1. The molecule has 0 saturated carbocycles. The molecule has 0 spiro atoms. The molecule has 0 radical (unpaired) electrons. The average Bonchev–Trinajstić information content (AvgIpc) is 2.87. The van der Waals surface area contributed by atoms with Gasteiger partial charge < -0.3 is 4.74 Å². The fourth-order valence-electron chi connectivity index (χ4n) is 2.34. The highest BCUT2D eigenvalue weighted by Gasteiger charge is 2.01. The first-order valence-electron chi connectivity index (χ1n) is 7.41. The van der Waals surface area contributed by atoms with Crippen LogP contribution in [0.3, 0.4) is 0 Å². The summed E-state index contributed by atoms with van der Waals surface area (Å²) >= 11 is 0. The molecule has 0 unspecified atom stereocenters. The van der Waals surface area contributed by atoms with Crippen molar-refractivity contribution in [3.63, 3.8) is 0 Å². The molecule has 0 aliphatic heterocycles. The number of ether oxygens (including phenoxy) is 1. The number of benzene rings is 2. The van der Waals surface area contributed by atoms with Crippen molar-refractivity contribution in [3.05, 3.63) is 83.7 Å². The smallest absolute Gasteiger partial charge is 0.119 e. The van der Waals surface area contributed by atoms with Gasteiger partial charge in [0, 0.05) is 11.4 Å². The summed E-state index contributed by atoms with van der Waals surface area (Å²) in [5.74, 6) is 0.871. The summed E-state index contributed by atoms with van der Waals surface area (Å²) in [5.41, 5.74) is 7.95. The van der Waals surface area contributed by atoms with E-state index in [1.165, 1.54) is 17.0 Å². The van der Waals surface area contributed by atoms with Crippen molar-refractivity contribution in [2.75, 3.05) is 5.43 Å². The first-order valence-corrected chi connectivity index (χ1v) is 7.41. The molecule has 0 bridgehead atoms. The van der Waals surface area contributed by atoms with Gasteiger partial charge in [0.2, 0.25) is 0 Å². The Balaban J connectivity index is 1.63. The normalized spacial score (nSPS) is 10.5. The molecule has 3 nitrogen and oxygen atoms in total. The summed E-state index contributed by atoms with van der Waals surface area (Å²) in [5, 5.41) is 0. The average molecular weight is 292 g/mol. The predicted octanol–water partition coefficient (Wildman–Crippen LogP) is 4.56. The number of nitrogens with one attached hydrogen (secondary N) is 1. The van der Waals surface area contributed by atoms with Crippen LogP contribution in [-0.2, 0) is 6.61 Å². The third-order valence-corrected chi connectivity index (χ3v) is 3.61. The molecule has 1 heterocycles. The second-order valence-electron chi connectivity index (χ2n) is 5.36. The van der Waals surface area contributed by atoms with Gasteiger partial charge in [0.1, 0.15) is 12.4 Å². The molecular weight excluding hydrogens is 272 g/mol. The van der Waals surface area contributed by atoms with Gasteiger partial charge in [-0.3, -0.25) is 10.1 Å². The number of hydrogen-bond acceptors (Lipinski definition) is 2. The van der Waals surface area contributed by atoms with Crippen LogP contribution in [0.1, 0.15) is 17.0 Å². The van der Waals surface area contributed by atoms with Crippen LogP contribution in [0, 0.1) is 13.8 Å². The van der Waals surface area contributed by atoms with Gasteiger partial charge in [-0.25, -0.2) is 0 Å². The minimum atomic E-state index is 0.587. The fourth-order valence-corrected chi connectivity index (χ4v) is 2.34. The van der Waals surface area contributed by atoms with Crippen LogP contribution in [0.4, 0.5) is 5.69 Å². The van der Waals surface area contributed by atoms with Gasteiger partial charge in [-0.05, 0) is 55.8 Å². The molecule has 1 aromatic heterocycles. The highest BCUT2D eigenvalue weighted by atomic mass is 16.5. The maximum Gasteiger partial charge on any atom is 0.119 e. The zero-order chi connectivity index (χ0) is 15.4. The molecule has 3 rings (SSSR count). The minimum Gasteiger partial charge on any atom is -0.489 e. The van der Waals surface area contributed by atoms with E-state index < -0.39 is 0 Å². The number of aromatic nitrogens is 1. The third-order valence-electron chi connectivity index (χ3n) is 3.61. The van der Waals surface area contributed by atoms with Crippen LogP contribution < -0.4 is 10.2 Å². The second-order valence-corrected chi connectivity index (χ2v) is 5.36. The number of rotatable bonds is 5. The van der Waals surface area contributed by atoms with E-state index in [1.54, 1.807) is 0 Å². The van der Waals surface area contributed by atoms with Crippen molar-refractivity contribution in [3.8, 4) is 5.75 Å². The summed E-state index contributed by atoms with van der Waals surface area (Å²) in [4.78, 5) is 0. The number of aryl methyl sites for hydroxylation is 2. The Morgan fingerprint density at radius 1 is 0.818 bits per heavy atom. The van der Waals surface area contributed by atoms with Crippen LogP contribution in [0.2, 0.25) is 0 Å². The third kappa shape index (κ3) is 3.31.